The minimum atomic E-state index is -1.03. The fourth-order valence-corrected chi connectivity index (χ4v) is 3.32. The van der Waals surface area contributed by atoms with Crippen molar-refractivity contribution in [2.75, 3.05) is 6.61 Å². The fourth-order valence-electron chi connectivity index (χ4n) is 2.42. The molecular formula is C18H21NO4S. The lowest BCUT2D eigenvalue weighted by molar-refractivity contribution is -0.139. The second kappa shape index (κ2) is 7.97. The number of ether oxygens (including phenoxy) is 1. The van der Waals surface area contributed by atoms with E-state index in [2.05, 4.69) is 18.3 Å². The molecule has 1 amide bonds. The van der Waals surface area contributed by atoms with Crippen molar-refractivity contribution in [1.29, 1.82) is 0 Å². The number of hydrogen-bond acceptors (Lipinski definition) is 4. The average molecular weight is 347 g/mol. The molecule has 24 heavy (non-hydrogen) atoms. The first-order chi connectivity index (χ1) is 11.4. The van der Waals surface area contributed by atoms with Gasteiger partial charge in [0.05, 0.1) is 6.54 Å². The van der Waals surface area contributed by atoms with E-state index in [0.717, 1.165) is 22.4 Å². The van der Waals surface area contributed by atoms with Crippen LogP contribution in [-0.2, 0) is 17.8 Å². The number of amides is 1. The van der Waals surface area contributed by atoms with Crippen molar-refractivity contribution in [2.45, 2.75) is 33.7 Å². The van der Waals surface area contributed by atoms with E-state index in [9.17, 15) is 9.59 Å². The summed E-state index contributed by atoms with van der Waals surface area (Å²) in [6, 6.07) is 7.54. The zero-order valence-electron chi connectivity index (χ0n) is 14.0. The Morgan fingerprint density at radius 3 is 2.33 bits per heavy atom. The van der Waals surface area contributed by atoms with Gasteiger partial charge in [-0.25, -0.2) is 4.79 Å². The highest BCUT2D eigenvalue weighted by molar-refractivity contribution is 7.11. The van der Waals surface area contributed by atoms with Crippen LogP contribution in [-0.4, -0.2) is 23.6 Å². The molecule has 0 bridgehead atoms. The normalized spacial score (nSPS) is 10.5. The van der Waals surface area contributed by atoms with Gasteiger partial charge in [-0.3, -0.25) is 4.79 Å². The molecule has 6 heteroatoms. The molecule has 2 aromatic rings. The van der Waals surface area contributed by atoms with Crippen LogP contribution in [0.5, 0.6) is 5.75 Å². The zero-order chi connectivity index (χ0) is 17.7. The minimum Gasteiger partial charge on any atom is -0.481 e. The fraction of sp³-hybridized carbons (Fsp3) is 0.333. The third-order valence-electron chi connectivity index (χ3n) is 3.55. The van der Waals surface area contributed by atoms with Crippen LogP contribution in [0.4, 0.5) is 0 Å². The van der Waals surface area contributed by atoms with Gasteiger partial charge in [0.1, 0.15) is 5.75 Å². The van der Waals surface area contributed by atoms with Crippen molar-refractivity contribution in [3.8, 4) is 5.75 Å². The third kappa shape index (κ3) is 4.58. The molecule has 5 nitrogen and oxygen atoms in total. The van der Waals surface area contributed by atoms with Crippen molar-refractivity contribution < 1.29 is 19.4 Å². The van der Waals surface area contributed by atoms with Crippen molar-refractivity contribution in [3.05, 3.63) is 50.7 Å². The Kier molecular flexibility index (Phi) is 5.98. The van der Waals surface area contributed by atoms with Crippen LogP contribution in [0.3, 0.4) is 0 Å². The number of rotatable bonds is 7. The summed E-state index contributed by atoms with van der Waals surface area (Å²) in [5.41, 5.74) is 2.02. The number of hydrogen-bond donors (Lipinski definition) is 2. The number of carbonyl (C=O) groups excluding carboxylic acids is 1. The van der Waals surface area contributed by atoms with E-state index in [1.54, 1.807) is 37.3 Å². The average Bonchev–Trinajstić information content (AvgIpc) is 2.99. The van der Waals surface area contributed by atoms with Gasteiger partial charge >= 0.3 is 5.97 Å². The molecule has 1 heterocycles. The Morgan fingerprint density at radius 1 is 1.17 bits per heavy atom. The molecule has 2 rings (SSSR count). The highest BCUT2D eigenvalue weighted by Crippen LogP contribution is 2.25. The van der Waals surface area contributed by atoms with Gasteiger partial charge < -0.3 is 15.2 Å². The first kappa shape index (κ1) is 18.0. The molecule has 0 atom stereocenters. The van der Waals surface area contributed by atoms with E-state index in [4.69, 9.17) is 9.84 Å². The van der Waals surface area contributed by atoms with E-state index in [1.165, 1.54) is 4.88 Å². The predicted octanol–water partition coefficient (Wildman–Crippen LogP) is 3.32. The first-order valence-corrected chi connectivity index (χ1v) is 8.54. The predicted molar refractivity (Wildman–Crippen MR) is 93.9 cm³/mol. The molecule has 2 N–H and O–H groups in total. The molecule has 128 valence electrons. The maximum atomic E-state index is 12.3. The van der Waals surface area contributed by atoms with Gasteiger partial charge in [0.15, 0.2) is 6.61 Å². The van der Waals surface area contributed by atoms with Crippen LogP contribution in [0.2, 0.25) is 0 Å². The topological polar surface area (TPSA) is 75.6 Å². The Bertz CT molecular complexity index is 728. The highest BCUT2D eigenvalue weighted by atomic mass is 32.1. The number of carbonyl (C=O) groups is 2. The summed E-state index contributed by atoms with van der Waals surface area (Å²) in [6.45, 7) is 5.81. The molecule has 0 aliphatic heterocycles. The smallest absolute Gasteiger partial charge is 0.341 e. The minimum absolute atomic E-state index is 0.155. The summed E-state index contributed by atoms with van der Waals surface area (Å²) < 4.78 is 5.28. The molecule has 0 radical (unpaired) electrons. The van der Waals surface area contributed by atoms with Crippen LogP contribution < -0.4 is 10.1 Å². The van der Waals surface area contributed by atoms with Gasteiger partial charge in [-0.1, -0.05) is 6.92 Å². The van der Waals surface area contributed by atoms with Crippen molar-refractivity contribution in [3.63, 3.8) is 0 Å². The molecule has 0 aliphatic carbocycles. The molecule has 0 aliphatic rings. The molecule has 0 spiro atoms. The second-order valence-electron chi connectivity index (χ2n) is 5.53. The van der Waals surface area contributed by atoms with Gasteiger partial charge in [0, 0.05) is 15.3 Å². The van der Waals surface area contributed by atoms with E-state index in [1.807, 2.05) is 6.07 Å². The largest absolute Gasteiger partial charge is 0.481 e. The van der Waals surface area contributed by atoms with E-state index in [-0.39, 0.29) is 5.91 Å². The Balaban J connectivity index is 2.05. The number of benzene rings is 1. The van der Waals surface area contributed by atoms with Gasteiger partial charge in [-0.15, -0.1) is 11.3 Å². The summed E-state index contributed by atoms with van der Waals surface area (Å²) >= 11 is 1.70. The highest BCUT2D eigenvalue weighted by Gasteiger charge is 2.13. The summed E-state index contributed by atoms with van der Waals surface area (Å²) in [4.78, 5) is 25.4. The van der Waals surface area contributed by atoms with Crippen LogP contribution >= 0.6 is 11.3 Å². The molecule has 0 unspecified atom stereocenters. The van der Waals surface area contributed by atoms with Gasteiger partial charge in [0.25, 0.3) is 5.91 Å². The summed E-state index contributed by atoms with van der Waals surface area (Å²) in [7, 11) is 0. The zero-order valence-corrected chi connectivity index (χ0v) is 14.8. The maximum absolute atomic E-state index is 12.3. The Morgan fingerprint density at radius 2 is 1.79 bits per heavy atom. The van der Waals surface area contributed by atoms with Crippen molar-refractivity contribution >= 4 is 23.2 Å². The van der Waals surface area contributed by atoms with Gasteiger partial charge in [-0.05, 0) is 55.7 Å². The van der Waals surface area contributed by atoms with E-state index in [0.29, 0.717) is 17.9 Å². The van der Waals surface area contributed by atoms with Crippen molar-refractivity contribution in [2.24, 2.45) is 0 Å². The molecule has 1 aromatic heterocycles. The maximum Gasteiger partial charge on any atom is 0.341 e. The molecule has 0 saturated heterocycles. The molecule has 1 aromatic carbocycles. The number of aliphatic carboxylic acids is 1. The summed E-state index contributed by atoms with van der Waals surface area (Å²) in [5.74, 6) is -0.671. The van der Waals surface area contributed by atoms with E-state index >= 15 is 0 Å². The lowest BCUT2D eigenvalue weighted by Crippen LogP contribution is -2.22. The number of nitrogens with one attached hydrogen (secondary N) is 1. The number of carboxylic acid groups (broad SMARTS) is 1. The molecule has 0 saturated carbocycles. The van der Waals surface area contributed by atoms with E-state index < -0.39 is 12.6 Å². The Labute approximate surface area is 145 Å². The number of carboxylic acids is 1. The first-order valence-electron chi connectivity index (χ1n) is 7.72. The van der Waals surface area contributed by atoms with Crippen LogP contribution in [0.15, 0.2) is 24.3 Å². The lowest BCUT2D eigenvalue weighted by atomic mass is 10.1. The van der Waals surface area contributed by atoms with Crippen LogP contribution in [0.1, 0.15) is 38.2 Å². The number of thiophene rings is 1. The van der Waals surface area contributed by atoms with Crippen LogP contribution in [0.25, 0.3) is 0 Å². The standard InChI is InChI=1S/C18H21NO4S/c1-4-14-5-6-15(24-14)9-19-18(22)13-7-11(2)17(12(3)8-13)23-10-16(20)21/h5-8H,4,9-10H2,1-3H3,(H,19,22)(H,20,21). The lowest BCUT2D eigenvalue weighted by Gasteiger charge is -2.13. The monoisotopic (exact) mass is 347 g/mol. The molecular weight excluding hydrogens is 326 g/mol. The third-order valence-corrected chi connectivity index (χ3v) is 4.78. The van der Waals surface area contributed by atoms with Crippen molar-refractivity contribution in [1.82, 2.24) is 5.32 Å². The molecule has 0 fully saturated rings. The summed E-state index contributed by atoms with van der Waals surface area (Å²) in [5, 5.41) is 11.6. The summed E-state index contributed by atoms with van der Waals surface area (Å²) in [6.07, 6.45) is 0.995. The van der Waals surface area contributed by atoms with Gasteiger partial charge in [0.2, 0.25) is 0 Å². The Hall–Kier alpha value is -2.34. The number of aryl methyl sites for hydroxylation is 3. The van der Waals surface area contributed by atoms with Gasteiger partial charge in [-0.2, -0.15) is 0 Å². The quantitative estimate of drug-likeness (QED) is 0.806. The second-order valence-corrected chi connectivity index (χ2v) is 6.78. The SMILES string of the molecule is CCc1ccc(CNC(=O)c2cc(C)c(OCC(=O)O)c(C)c2)s1. The van der Waals surface area contributed by atoms with Crippen LogP contribution in [0, 0.1) is 13.8 Å².